The number of nitrogens with one attached hydrogen (secondary N) is 2. The van der Waals surface area contributed by atoms with E-state index in [4.69, 9.17) is 4.74 Å². The van der Waals surface area contributed by atoms with Crippen molar-refractivity contribution < 1.29 is 24.2 Å². The molecule has 0 spiro atoms. The molecule has 0 aliphatic heterocycles. The van der Waals surface area contributed by atoms with E-state index in [9.17, 15) is 19.5 Å². The van der Waals surface area contributed by atoms with Crippen LogP contribution in [0, 0.1) is 12.8 Å². The van der Waals surface area contributed by atoms with Crippen LogP contribution < -0.4 is 10.6 Å². The van der Waals surface area contributed by atoms with Crippen molar-refractivity contribution in [1.29, 1.82) is 0 Å². The molecule has 0 bridgehead atoms. The number of hydrogen-bond acceptors (Lipinski definition) is 5. The van der Waals surface area contributed by atoms with Crippen LogP contribution in [0.1, 0.15) is 51.8 Å². The molecule has 3 rings (SSSR count). The minimum Gasteiger partial charge on any atom is -0.508 e. The molecule has 0 radical (unpaired) electrons. The first kappa shape index (κ1) is 28.5. The predicted octanol–water partition coefficient (Wildman–Crippen LogP) is 5.54. The number of carbonyl (C=O) groups excluding carboxylic acids is 3. The summed E-state index contributed by atoms with van der Waals surface area (Å²) in [5.74, 6) is -1.07. The molecule has 0 aliphatic rings. The van der Waals surface area contributed by atoms with E-state index in [0.29, 0.717) is 16.8 Å². The summed E-state index contributed by atoms with van der Waals surface area (Å²) in [4.78, 5) is 41.2. The average molecular weight is 520 g/mol. The molecule has 38 heavy (non-hydrogen) atoms. The van der Waals surface area contributed by atoms with E-state index in [-0.39, 0.29) is 11.7 Å². The number of hydrogen-bond donors (Lipinski definition) is 3. The topological polar surface area (TPSA) is 108 Å². The number of anilines is 1. The molecule has 8 heteroatoms. The summed E-state index contributed by atoms with van der Waals surface area (Å²) in [6, 6.07) is 16.2. The van der Waals surface area contributed by atoms with Crippen molar-refractivity contribution in [2.45, 2.75) is 59.2 Å². The molecular weight excluding hydrogens is 482 g/mol. The van der Waals surface area contributed by atoms with E-state index in [1.54, 1.807) is 39.8 Å². The Morgan fingerprint density at radius 2 is 1.61 bits per heavy atom. The van der Waals surface area contributed by atoms with Crippen LogP contribution in [0.4, 0.5) is 10.5 Å². The number of ether oxygens (including phenoxy) is 1. The van der Waals surface area contributed by atoms with Crippen molar-refractivity contribution >= 4 is 34.4 Å². The normalized spacial score (nSPS) is 13.1. The maximum absolute atomic E-state index is 13.7. The highest BCUT2D eigenvalue weighted by Gasteiger charge is 2.35. The molecule has 0 aromatic heterocycles. The highest BCUT2D eigenvalue weighted by Crippen LogP contribution is 2.28. The number of phenols is 1. The Bertz CT molecular complexity index is 1330. The van der Waals surface area contributed by atoms with Gasteiger partial charge in [0.05, 0.1) is 0 Å². The van der Waals surface area contributed by atoms with Gasteiger partial charge in [0.25, 0.3) is 5.91 Å². The third kappa shape index (κ3) is 7.03. The largest absolute Gasteiger partial charge is 0.508 e. The van der Waals surface area contributed by atoms with E-state index in [1.807, 2.05) is 56.3 Å². The number of amides is 3. The number of carbonyl (C=O) groups is 3. The maximum atomic E-state index is 13.7. The van der Waals surface area contributed by atoms with Crippen LogP contribution in [0.3, 0.4) is 0 Å². The molecule has 0 saturated carbocycles. The third-order valence-electron chi connectivity index (χ3n) is 6.14. The fourth-order valence-electron chi connectivity index (χ4n) is 4.17. The summed E-state index contributed by atoms with van der Waals surface area (Å²) in [5.41, 5.74) is 0.947. The summed E-state index contributed by atoms with van der Waals surface area (Å²) in [7, 11) is 1.53. The molecule has 0 aliphatic carbocycles. The molecule has 3 aromatic rings. The Labute approximate surface area is 224 Å². The Morgan fingerprint density at radius 3 is 2.21 bits per heavy atom. The van der Waals surface area contributed by atoms with E-state index < -0.39 is 35.6 Å². The lowest BCUT2D eigenvalue weighted by molar-refractivity contribution is -0.140. The van der Waals surface area contributed by atoms with Crippen LogP contribution >= 0.6 is 0 Å². The standard InChI is InChI=1S/C30H37N3O5/c1-18(2)25(32-29(37)38-30(4,5)6)28(36)33(7)26(22-13-15-24(34)19(3)16-22)27(35)31-23-14-12-20-10-8-9-11-21(20)17-23/h8-18,25-26,34H,1-7H3,(H,31,35)(H,32,37). The van der Waals surface area contributed by atoms with Crippen molar-refractivity contribution in [3.8, 4) is 5.75 Å². The smallest absolute Gasteiger partial charge is 0.408 e. The highest BCUT2D eigenvalue weighted by molar-refractivity contribution is 6.00. The van der Waals surface area contributed by atoms with E-state index >= 15 is 0 Å². The van der Waals surface area contributed by atoms with Gasteiger partial charge < -0.3 is 25.4 Å². The van der Waals surface area contributed by atoms with E-state index in [1.165, 1.54) is 18.0 Å². The number of aryl methyl sites for hydroxylation is 1. The van der Waals surface area contributed by atoms with Gasteiger partial charge in [-0.15, -0.1) is 0 Å². The fraction of sp³-hybridized carbons (Fsp3) is 0.367. The first-order chi connectivity index (χ1) is 17.8. The number of nitrogens with zero attached hydrogens (tertiary/aromatic N) is 1. The summed E-state index contributed by atoms with van der Waals surface area (Å²) in [6.45, 7) is 10.6. The molecule has 3 aromatic carbocycles. The Hall–Kier alpha value is -4.07. The molecule has 202 valence electrons. The van der Waals surface area contributed by atoms with Gasteiger partial charge in [0, 0.05) is 12.7 Å². The summed E-state index contributed by atoms with van der Waals surface area (Å²) >= 11 is 0. The second-order valence-corrected chi connectivity index (χ2v) is 10.8. The Kier molecular flexibility index (Phi) is 8.66. The van der Waals surface area contributed by atoms with Gasteiger partial charge in [-0.3, -0.25) is 9.59 Å². The maximum Gasteiger partial charge on any atom is 0.408 e. The highest BCUT2D eigenvalue weighted by atomic mass is 16.6. The van der Waals surface area contributed by atoms with E-state index in [0.717, 1.165) is 10.8 Å². The van der Waals surface area contributed by atoms with Gasteiger partial charge in [0.15, 0.2) is 0 Å². The molecule has 8 nitrogen and oxygen atoms in total. The molecule has 2 unspecified atom stereocenters. The van der Waals surface area contributed by atoms with Crippen molar-refractivity contribution in [3.63, 3.8) is 0 Å². The minimum atomic E-state index is -1.03. The first-order valence-corrected chi connectivity index (χ1v) is 12.6. The second-order valence-electron chi connectivity index (χ2n) is 10.8. The van der Waals surface area contributed by atoms with Gasteiger partial charge in [-0.05, 0) is 79.8 Å². The Morgan fingerprint density at radius 1 is 0.947 bits per heavy atom. The molecule has 0 fully saturated rings. The van der Waals surface area contributed by atoms with Crippen LogP contribution in [0.15, 0.2) is 60.7 Å². The first-order valence-electron chi connectivity index (χ1n) is 12.6. The second kappa shape index (κ2) is 11.5. The van der Waals surface area contributed by atoms with Crippen LogP contribution in [0.25, 0.3) is 10.8 Å². The summed E-state index contributed by atoms with van der Waals surface area (Å²) < 4.78 is 5.36. The lowest BCUT2D eigenvalue weighted by atomic mass is 9.98. The van der Waals surface area contributed by atoms with Crippen LogP contribution in [-0.4, -0.2) is 46.6 Å². The van der Waals surface area contributed by atoms with Gasteiger partial charge in [-0.1, -0.05) is 50.2 Å². The summed E-state index contributed by atoms with van der Waals surface area (Å²) in [6.07, 6.45) is -0.712. The van der Waals surface area contributed by atoms with Gasteiger partial charge in [-0.2, -0.15) is 0 Å². The van der Waals surface area contributed by atoms with Crippen molar-refractivity contribution in [2.75, 3.05) is 12.4 Å². The SMILES string of the molecule is Cc1cc(C(C(=O)Nc2ccc3ccccc3c2)N(C)C(=O)C(NC(=O)OC(C)(C)C)C(C)C)ccc1O. The van der Waals surface area contributed by atoms with Crippen LogP contribution in [0.5, 0.6) is 5.75 Å². The number of fused-ring (bicyclic) bond motifs is 1. The molecule has 3 amide bonds. The number of likely N-dealkylation sites (N-methyl/N-ethyl adjacent to an activating group) is 1. The minimum absolute atomic E-state index is 0.0862. The van der Waals surface area contributed by atoms with Crippen molar-refractivity contribution in [1.82, 2.24) is 10.2 Å². The monoisotopic (exact) mass is 519 g/mol. The lowest BCUT2D eigenvalue weighted by Crippen LogP contribution is -2.53. The molecular formula is C30H37N3O5. The van der Waals surface area contributed by atoms with Crippen LogP contribution in [0.2, 0.25) is 0 Å². The zero-order valence-corrected chi connectivity index (χ0v) is 23.0. The van der Waals surface area contributed by atoms with Crippen molar-refractivity contribution in [3.05, 3.63) is 71.8 Å². The zero-order chi connectivity index (χ0) is 28.2. The number of aromatic hydroxyl groups is 1. The quantitative estimate of drug-likeness (QED) is 0.380. The van der Waals surface area contributed by atoms with Gasteiger partial charge >= 0.3 is 6.09 Å². The molecule has 0 heterocycles. The van der Waals surface area contributed by atoms with Crippen molar-refractivity contribution in [2.24, 2.45) is 5.92 Å². The predicted molar refractivity (Wildman–Crippen MR) is 149 cm³/mol. The average Bonchev–Trinajstić information content (AvgIpc) is 2.83. The molecule has 0 saturated heterocycles. The number of alkyl carbamates (subject to hydrolysis) is 1. The Balaban J connectivity index is 1.94. The van der Waals surface area contributed by atoms with Gasteiger partial charge in [0.1, 0.15) is 23.4 Å². The molecule has 3 N–H and O–H groups in total. The zero-order valence-electron chi connectivity index (χ0n) is 23.0. The molecule has 2 atom stereocenters. The van der Waals surface area contributed by atoms with Crippen LogP contribution in [-0.2, 0) is 14.3 Å². The van der Waals surface area contributed by atoms with E-state index in [2.05, 4.69) is 10.6 Å². The van der Waals surface area contributed by atoms with Gasteiger partial charge in [0.2, 0.25) is 5.91 Å². The number of benzene rings is 3. The third-order valence-corrected chi connectivity index (χ3v) is 6.14. The number of rotatable bonds is 7. The summed E-state index contributed by atoms with van der Waals surface area (Å²) in [5, 5.41) is 17.7. The fourth-order valence-corrected chi connectivity index (χ4v) is 4.17. The van der Waals surface area contributed by atoms with Gasteiger partial charge in [-0.25, -0.2) is 4.79 Å². The lowest BCUT2D eigenvalue weighted by Gasteiger charge is -2.33. The number of phenolic OH excluding ortho intramolecular Hbond substituents is 1.